The molecule has 0 saturated carbocycles. The van der Waals surface area contributed by atoms with Crippen molar-refractivity contribution in [3.63, 3.8) is 0 Å². The van der Waals surface area contributed by atoms with E-state index in [1.807, 2.05) is 24.4 Å². The number of nitrogens with one attached hydrogen (secondary N) is 1. The normalized spacial score (nSPS) is 17.9. The van der Waals surface area contributed by atoms with E-state index in [9.17, 15) is 0 Å². The number of nitrogens with zero attached hydrogens (tertiary/aromatic N) is 3. The fourth-order valence-electron chi connectivity index (χ4n) is 4.75. The van der Waals surface area contributed by atoms with E-state index in [2.05, 4.69) is 111 Å². The number of thiocarbonyl (C=S) groups is 1. The van der Waals surface area contributed by atoms with Crippen LogP contribution in [0.3, 0.4) is 0 Å². The van der Waals surface area contributed by atoms with Gasteiger partial charge in [-0.25, -0.2) is 0 Å². The predicted molar refractivity (Wildman–Crippen MR) is 142 cm³/mol. The topological polar surface area (TPSA) is 33.1 Å². The number of pyridine rings is 1. The second-order valence-corrected chi connectivity index (χ2v) is 9.69. The van der Waals surface area contributed by atoms with E-state index in [4.69, 9.17) is 12.2 Å². The molecule has 0 aliphatic carbocycles. The van der Waals surface area contributed by atoms with Crippen molar-refractivity contribution in [2.24, 2.45) is 0 Å². The smallest absolute Gasteiger partial charge is 0.174 e. The maximum absolute atomic E-state index is 5.88. The van der Waals surface area contributed by atoms with Crippen LogP contribution >= 0.6 is 28.1 Å². The van der Waals surface area contributed by atoms with Crippen LogP contribution in [0.25, 0.3) is 5.69 Å². The largest absolute Gasteiger partial charge is 0.351 e. The van der Waals surface area contributed by atoms with E-state index in [-0.39, 0.29) is 12.1 Å². The number of hydrogen-bond donors (Lipinski definition) is 1. The summed E-state index contributed by atoms with van der Waals surface area (Å²) in [6.07, 6.45) is 1.84. The van der Waals surface area contributed by atoms with Gasteiger partial charge in [0.25, 0.3) is 0 Å². The first-order valence-electron chi connectivity index (χ1n) is 11.0. The van der Waals surface area contributed by atoms with Crippen LogP contribution in [-0.2, 0) is 0 Å². The molecule has 1 aliphatic rings. The maximum Gasteiger partial charge on any atom is 0.174 e. The average Bonchev–Trinajstić information content (AvgIpc) is 3.31. The van der Waals surface area contributed by atoms with Crippen LogP contribution in [0.2, 0.25) is 0 Å². The molecule has 6 heteroatoms. The van der Waals surface area contributed by atoms with Gasteiger partial charge in [0.05, 0.1) is 23.5 Å². The standard InChI is InChI=1S/C27H25BrN4S/c1-17-11-13-20(14-12-17)32-26(25(30-27(32)33)23-9-6-7-15-29-23)21-16-18(2)31(19(21)3)24-10-5-4-8-22(24)28/h4-16,25-26H,1-3H3,(H,30,33). The van der Waals surface area contributed by atoms with Gasteiger partial charge in [0, 0.05) is 27.7 Å². The number of anilines is 1. The highest BCUT2D eigenvalue weighted by Gasteiger charge is 2.42. The van der Waals surface area contributed by atoms with Gasteiger partial charge in [-0.2, -0.15) is 0 Å². The predicted octanol–water partition coefficient (Wildman–Crippen LogP) is 6.74. The molecular formula is C27H25BrN4S. The van der Waals surface area contributed by atoms with Crippen LogP contribution < -0.4 is 10.2 Å². The average molecular weight is 517 g/mol. The van der Waals surface area contributed by atoms with Crippen LogP contribution in [-0.4, -0.2) is 14.7 Å². The SMILES string of the molecule is Cc1ccc(N2C(=S)NC(c3ccccn3)C2c2cc(C)n(-c3ccccc3Br)c2C)cc1. The Morgan fingerprint density at radius 2 is 1.67 bits per heavy atom. The van der Waals surface area contributed by atoms with Crippen LogP contribution in [0.15, 0.2) is 83.5 Å². The summed E-state index contributed by atoms with van der Waals surface area (Å²) in [5.74, 6) is 0. The third kappa shape index (κ3) is 3.87. The summed E-state index contributed by atoms with van der Waals surface area (Å²) < 4.78 is 3.37. The Morgan fingerprint density at radius 3 is 2.36 bits per heavy atom. The van der Waals surface area contributed by atoms with Crippen LogP contribution in [0.1, 0.15) is 40.3 Å². The molecule has 1 aliphatic heterocycles. The van der Waals surface area contributed by atoms with Crippen molar-refractivity contribution < 1.29 is 0 Å². The lowest BCUT2D eigenvalue weighted by Crippen LogP contribution is -2.29. The van der Waals surface area contributed by atoms with Gasteiger partial charge in [0.15, 0.2) is 5.11 Å². The maximum atomic E-state index is 5.88. The number of hydrogen-bond acceptors (Lipinski definition) is 2. The van der Waals surface area contributed by atoms with Crippen molar-refractivity contribution in [2.75, 3.05) is 4.90 Å². The third-order valence-corrected chi connectivity index (χ3v) is 7.28. The summed E-state index contributed by atoms with van der Waals surface area (Å²) >= 11 is 9.61. The molecule has 166 valence electrons. The molecule has 1 N–H and O–H groups in total. The lowest BCUT2D eigenvalue weighted by atomic mass is 9.96. The minimum atomic E-state index is -0.0619. The molecule has 3 heterocycles. The quantitative estimate of drug-likeness (QED) is 0.304. The summed E-state index contributed by atoms with van der Waals surface area (Å²) in [5.41, 5.74) is 8.00. The highest BCUT2D eigenvalue weighted by atomic mass is 79.9. The molecule has 1 fully saturated rings. The molecule has 2 atom stereocenters. The first kappa shape index (κ1) is 21.9. The Hall–Kier alpha value is -2.96. The molecule has 2 aromatic carbocycles. The third-order valence-electron chi connectivity index (χ3n) is 6.29. The van der Waals surface area contributed by atoms with Gasteiger partial charge in [-0.3, -0.25) is 4.98 Å². The molecule has 0 amide bonds. The van der Waals surface area contributed by atoms with E-state index < -0.39 is 0 Å². The number of halogens is 1. The number of benzene rings is 2. The monoisotopic (exact) mass is 516 g/mol. The van der Waals surface area contributed by atoms with Gasteiger partial charge in [0.2, 0.25) is 0 Å². The van der Waals surface area contributed by atoms with Crippen LogP contribution in [0.4, 0.5) is 5.69 Å². The molecule has 0 bridgehead atoms. The van der Waals surface area contributed by atoms with E-state index >= 15 is 0 Å². The van der Waals surface area contributed by atoms with Crippen molar-refractivity contribution in [3.05, 3.63) is 112 Å². The zero-order chi connectivity index (χ0) is 23.1. The van der Waals surface area contributed by atoms with E-state index in [0.717, 1.165) is 21.5 Å². The number of aromatic nitrogens is 2. The minimum absolute atomic E-state index is 0.0301. The van der Waals surface area contributed by atoms with Gasteiger partial charge in [-0.05, 0) is 96.9 Å². The van der Waals surface area contributed by atoms with E-state index in [0.29, 0.717) is 5.11 Å². The first-order valence-corrected chi connectivity index (χ1v) is 12.2. The van der Waals surface area contributed by atoms with Crippen molar-refractivity contribution in [3.8, 4) is 5.69 Å². The van der Waals surface area contributed by atoms with Gasteiger partial charge < -0.3 is 14.8 Å². The van der Waals surface area contributed by atoms with Gasteiger partial charge in [-0.15, -0.1) is 0 Å². The van der Waals surface area contributed by atoms with Gasteiger partial charge in [0.1, 0.15) is 0 Å². The molecule has 4 nitrogen and oxygen atoms in total. The zero-order valence-corrected chi connectivity index (χ0v) is 21.2. The van der Waals surface area contributed by atoms with Crippen molar-refractivity contribution in [1.82, 2.24) is 14.9 Å². The first-order chi connectivity index (χ1) is 16.0. The van der Waals surface area contributed by atoms with Crippen LogP contribution in [0, 0.1) is 20.8 Å². The second kappa shape index (κ2) is 8.76. The summed E-state index contributed by atoms with van der Waals surface area (Å²) in [7, 11) is 0. The zero-order valence-electron chi connectivity index (χ0n) is 18.8. The molecule has 0 spiro atoms. The Balaban J connectivity index is 1.69. The van der Waals surface area contributed by atoms with E-state index in [1.54, 1.807) is 0 Å². The molecule has 33 heavy (non-hydrogen) atoms. The number of aryl methyl sites for hydroxylation is 2. The molecule has 1 saturated heterocycles. The fraction of sp³-hybridized carbons (Fsp3) is 0.185. The molecule has 2 unspecified atom stereocenters. The Labute approximate surface area is 208 Å². The van der Waals surface area contributed by atoms with E-state index in [1.165, 1.54) is 22.5 Å². The highest BCUT2D eigenvalue weighted by molar-refractivity contribution is 9.10. The van der Waals surface area contributed by atoms with Gasteiger partial charge in [-0.1, -0.05) is 35.9 Å². The summed E-state index contributed by atoms with van der Waals surface area (Å²) in [6.45, 7) is 6.44. The number of para-hydroxylation sites is 1. The Bertz CT molecular complexity index is 1310. The summed E-state index contributed by atoms with van der Waals surface area (Å²) in [6, 6.07) is 25.1. The van der Waals surface area contributed by atoms with Crippen LogP contribution in [0.5, 0.6) is 0 Å². The fourth-order valence-corrected chi connectivity index (χ4v) is 5.55. The Kier molecular flexibility index (Phi) is 5.81. The highest BCUT2D eigenvalue weighted by Crippen LogP contribution is 2.44. The summed E-state index contributed by atoms with van der Waals surface area (Å²) in [5, 5.41) is 4.28. The molecule has 2 aromatic heterocycles. The lowest BCUT2D eigenvalue weighted by molar-refractivity contribution is 0.565. The summed E-state index contributed by atoms with van der Waals surface area (Å²) in [4.78, 5) is 6.92. The van der Waals surface area contributed by atoms with Gasteiger partial charge >= 0.3 is 0 Å². The van der Waals surface area contributed by atoms with Crippen molar-refractivity contribution >= 4 is 38.9 Å². The second-order valence-electron chi connectivity index (χ2n) is 8.45. The Morgan fingerprint density at radius 1 is 0.939 bits per heavy atom. The molecule has 4 aromatic rings. The number of rotatable bonds is 4. The van der Waals surface area contributed by atoms with Crippen molar-refractivity contribution in [1.29, 1.82) is 0 Å². The minimum Gasteiger partial charge on any atom is -0.351 e. The molecule has 5 rings (SSSR count). The molecular weight excluding hydrogens is 492 g/mol. The molecule has 0 radical (unpaired) electrons. The lowest BCUT2D eigenvalue weighted by Gasteiger charge is -2.28. The van der Waals surface area contributed by atoms with Crippen molar-refractivity contribution in [2.45, 2.75) is 32.9 Å².